The molecular weight excluding hydrogens is 384 g/mol. The summed E-state index contributed by atoms with van der Waals surface area (Å²) in [7, 11) is 0. The largest absolute Gasteiger partial charge is 0.316 e. The van der Waals surface area contributed by atoms with Gasteiger partial charge in [0.2, 0.25) is 5.91 Å². The zero-order valence-corrected chi connectivity index (χ0v) is 15.6. The molecular formula is C18H12N4O3S2. The molecule has 2 heterocycles. The van der Waals surface area contributed by atoms with E-state index in [1.165, 1.54) is 30.4 Å². The molecule has 0 unspecified atom stereocenters. The Morgan fingerprint density at radius 3 is 2.74 bits per heavy atom. The molecule has 9 heteroatoms. The lowest BCUT2D eigenvalue weighted by molar-refractivity contribution is -0.385. The van der Waals surface area contributed by atoms with Gasteiger partial charge in [-0.25, -0.2) is 4.98 Å². The second-order valence-electron chi connectivity index (χ2n) is 5.34. The van der Waals surface area contributed by atoms with E-state index in [1.807, 2.05) is 23.6 Å². The molecule has 0 aliphatic rings. The molecule has 0 saturated carbocycles. The first-order chi connectivity index (χ1) is 13.0. The number of para-hydroxylation sites is 1. The smallest absolute Gasteiger partial charge is 0.276 e. The average molecular weight is 396 g/mol. The summed E-state index contributed by atoms with van der Waals surface area (Å²) in [6.07, 6.45) is 1.44. The van der Waals surface area contributed by atoms with Gasteiger partial charge in [-0.1, -0.05) is 29.5 Å². The zero-order valence-electron chi connectivity index (χ0n) is 14.0. The van der Waals surface area contributed by atoms with Crippen LogP contribution < -0.4 is 5.32 Å². The predicted octanol–water partition coefficient (Wildman–Crippen LogP) is 4.80. The number of rotatable bonds is 5. The van der Waals surface area contributed by atoms with E-state index < -0.39 is 4.92 Å². The van der Waals surface area contributed by atoms with Crippen molar-refractivity contribution < 1.29 is 9.72 Å². The van der Waals surface area contributed by atoms with Crippen LogP contribution in [0, 0.1) is 21.4 Å². The van der Waals surface area contributed by atoms with E-state index in [4.69, 9.17) is 0 Å². The third-order valence-corrected chi connectivity index (χ3v) is 5.34. The van der Waals surface area contributed by atoms with Gasteiger partial charge in [0.1, 0.15) is 21.8 Å². The summed E-state index contributed by atoms with van der Waals surface area (Å²) in [4.78, 5) is 27.6. The standard InChI is InChI=1S/C18H12N4O3S2/c1-11(23)20-18-16(15-7-4-8-26-15)21-17(27-18)13(10-19)9-12-5-2-3-6-14(12)22(24)25/h2-9H,1H3,(H,20,23)/b13-9+. The Hall–Kier alpha value is -3.35. The molecule has 0 aliphatic carbocycles. The number of thiazole rings is 1. The van der Waals surface area contributed by atoms with Crippen LogP contribution in [0.4, 0.5) is 10.7 Å². The number of thiophene rings is 1. The number of nitro groups is 1. The van der Waals surface area contributed by atoms with Crippen LogP contribution in [0.25, 0.3) is 22.2 Å². The summed E-state index contributed by atoms with van der Waals surface area (Å²) in [6.45, 7) is 1.39. The van der Waals surface area contributed by atoms with Crippen LogP contribution in [0.3, 0.4) is 0 Å². The van der Waals surface area contributed by atoms with Crippen molar-refractivity contribution in [1.82, 2.24) is 4.98 Å². The SMILES string of the molecule is CC(=O)Nc1sc(/C(C#N)=C/c2ccccc2[N+](=O)[O-])nc1-c1cccs1. The van der Waals surface area contributed by atoms with E-state index in [2.05, 4.69) is 10.3 Å². The summed E-state index contributed by atoms with van der Waals surface area (Å²) in [5.74, 6) is -0.246. The molecule has 134 valence electrons. The molecule has 0 radical (unpaired) electrons. The Morgan fingerprint density at radius 1 is 1.33 bits per heavy atom. The lowest BCUT2D eigenvalue weighted by Gasteiger charge is -1.99. The van der Waals surface area contributed by atoms with E-state index in [-0.39, 0.29) is 17.2 Å². The fourth-order valence-corrected chi connectivity index (χ4v) is 4.11. The molecule has 1 aromatic carbocycles. The molecule has 27 heavy (non-hydrogen) atoms. The summed E-state index contributed by atoms with van der Waals surface area (Å²) >= 11 is 2.62. The monoisotopic (exact) mass is 396 g/mol. The Morgan fingerprint density at radius 2 is 2.11 bits per heavy atom. The number of benzene rings is 1. The fraction of sp³-hybridized carbons (Fsp3) is 0.0556. The van der Waals surface area contributed by atoms with Crippen molar-refractivity contribution in [3.63, 3.8) is 0 Å². The van der Waals surface area contributed by atoms with Crippen LogP contribution >= 0.6 is 22.7 Å². The summed E-state index contributed by atoms with van der Waals surface area (Å²) in [6, 6.07) is 12.0. The van der Waals surface area contributed by atoms with Crippen molar-refractivity contribution >= 4 is 50.9 Å². The second kappa shape index (κ2) is 7.90. The van der Waals surface area contributed by atoms with Crippen molar-refractivity contribution in [2.45, 2.75) is 6.92 Å². The number of nitro benzene ring substituents is 1. The number of hydrogen-bond donors (Lipinski definition) is 1. The van der Waals surface area contributed by atoms with Crippen LogP contribution in [-0.4, -0.2) is 15.8 Å². The van der Waals surface area contributed by atoms with Crippen LogP contribution in [0.2, 0.25) is 0 Å². The van der Waals surface area contributed by atoms with Crippen molar-refractivity contribution in [2.24, 2.45) is 0 Å². The summed E-state index contributed by atoms with van der Waals surface area (Å²) < 4.78 is 0. The highest BCUT2D eigenvalue weighted by Crippen LogP contribution is 2.38. The number of hydrogen-bond acceptors (Lipinski definition) is 7. The highest BCUT2D eigenvalue weighted by molar-refractivity contribution is 7.18. The first-order valence-electron chi connectivity index (χ1n) is 7.67. The van der Waals surface area contributed by atoms with Gasteiger partial charge >= 0.3 is 0 Å². The van der Waals surface area contributed by atoms with Crippen LogP contribution in [0.5, 0.6) is 0 Å². The molecule has 1 N–H and O–H groups in total. The molecule has 3 aromatic rings. The molecule has 0 spiro atoms. The third-order valence-electron chi connectivity index (χ3n) is 3.46. The van der Waals surface area contributed by atoms with Gasteiger partial charge in [-0.05, 0) is 23.6 Å². The first-order valence-corrected chi connectivity index (χ1v) is 9.37. The Balaban J connectivity index is 2.10. The minimum Gasteiger partial charge on any atom is -0.316 e. The van der Waals surface area contributed by atoms with E-state index in [0.717, 1.165) is 16.2 Å². The van der Waals surface area contributed by atoms with E-state index in [0.29, 0.717) is 21.3 Å². The first kappa shape index (κ1) is 18.4. The maximum Gasteiger partial charge on any atom is 0.276 e. The molecule has 7 nitrogen and oxygen atoms in total. The zero-order chi connectivity index (χ0) is 19.4. The van der Waals surface area contributed by atoms with Crippen LogP contribution in [-0.2, 0) is 4.79 Å². The normalized spacial score (nSPS) is 11.0. The fourth-order valence-electron chi connectivity index (χ4n) is 2.33. The number of nitrogens with one attached hydrogen (secondary N) is 1. The molecule has 1 amide bonds. The van der Waals surface area contributed by atoms with Gasteiger partial charge in [0, 0.05) is 13.0 Å². The number of nitriles is 1. The van der Waals surface area contributed by atoms with Gasteiger partial charge in [0.05, 0.1) is 20.9 Å². The van der Waals surface area contributed by atoms with Gasteiger partial charge in [0.15, 0.2) is 0 Å². The van der Waals surface area contributed by atoms with Crippen molar-refractivity contribution in [3.8, 4) is 16.6 Å². The van der Waals surface area contributed by atoms with E-state index in [9.17, 15) is 20.2 Å². The van der Waals surface area contributed by atoms with Crippen molar-refractivity contribution in [2.75, 3.05) is 5.32 Å². The van der Waals surface area contributed by atoms with Gasteiger partial charge in [0.25, 0.3) is 5.69 Å². The summed E-state index contributed by atoms with van der Waals surface area (Å²) in [5, 5.41) is 26.3. The topological polar surface area (TPSA) is 109 Å². The van der Waals surface area contributed by atoms with Crippen LogP contribution in [0.15, 0.2) is 41.8 Å². The molecule has 3 rings (SSSR count). The van der Waals surface area contributed by atoms with Gasteiger partial charge in [-0.15, -0.1) is 11.3 Å². The molecule has 0 aliphatic heterocycles. The Kier molecular flexibility index (Phi) is 5.40. The maximum atomic E-state index is 11.5. The third kappa shape index (κ3) is 4.08. The Bertz CT molecular complexity index is 1080. The van der Waals surface area contributed by atoms with Gasteiger partial charge < -0.3 is 5.32 Å². The maximum absolute atomic E-state index is 11.5. The number of nitrogens with zero attached hydrogens (tertiary/aromatic N) is 3. The molecule has 2 aromatic heterocycles. The minimum absolute atomic E-state index is 0.0950. The highest BCUT2D eigenvalue weighted by atomic mass is 32.1. The number of anilines is 1. The number of aromatic nitrogens is 1. The molecule has 0 fully saturated rings. The molecule has 0 bridgehead atoms. The van der Waals surface area contributed by atoms with E-state index >= 15 is 0 Å². The lowest BCUT2D eigenvalue weighted by atomic mass is 10.1. The number of carbonyl (C=O) groups excluding carboxylic acids is 1. The van der Waals surface area contributed by atoms with Gasteiger partial charge in [-0.2, -0.15) is 5.26 Å². The highest BCUT2D eigenvalue weighted by Gasteiger charge is 2.19. The molecule has 0 atom stereocenters. The minimum atomic E-state index is -0.498. The number of amides is 1. The quantitative estimate of drug-likeness (QED) is 0.378. The van der Waals surface area contributed by atoms with Crippen molar-refractivity contribution in [1.29, 1.82) is 5.26 Å². The average Bonchev–Trinajstić information content (AvgIpc) is 3.29. The summed E-state index contributed by atoms with van der Waals surface area (Å²) in [5.41, 5.74) is 0.975. The predicted molar refractivity (Wildman–Crippen MR) is 106 cm³/mol. The Labute approximate surface area is 162 Å². The van der Waals surface area contributed by atoms with Gasteiger partial charge in [-0.3, -0.25) is 14.9 Å². The van der Waals surface area contributed by atoms with E-state index in [1.54, 1.807) is 18.2 Å². The van der Waals surface area contributed by atoms with Crippen molar-refractivity contribution in [3.05, 3.63) is 62.5 Å². The number of carbonyl (C=O) groups is 1. The van der Waals surface area contributed by atoms with Crippen LogP contribution in [0.1, 0.15) is 17.5 Å². The molecule has 0 saturated heterocycles. The number of allylic oxidation sites excluding steroid dienone is 1. The second-order valence-corrected chi connectivity index (χ2v) is 7.29. The lowest BCUT2D eigenvalue weighted by Crippen LogP contribution is -2.04.